The van der Waals surface area contributed by atoms with Gasteiger partial charge in [-0.1, -0.05) is 6.92 Å². The molecule has 4 heteroatoms. The van der Waals surface area contributed by atoms with E-state index >= 15 is 0 Å². The lowest BCUT2D eigenvalue weighted by atomic mass is 10.1. The van der Waals surface area contributed by atoms with Gasteiger partial charge in [-0.2, -0.15) is 0 Å². The monoisotopic (exact) mass is 203 g/mol. The molecular weight excluding hydrogens is 186 g/mol. The summed E-state index contributed by atoms with van der Waals surface area (Å²) in [5.41, 5.74) is 0. The molecule has 1 saturated heterocycles. The van der Waals surface area contributed by atoms with Crippen molar-refractivity contribution in [1.82, 2.24) is 5.32 Å². The molecule has 0 spiro atoms. The van der Waals surface area contributed by atoms with Gasteiger partial charge < -0.3 is 5.32 Å². The molecule has 0 bridgehead atoms. The first-order chi connectivity index (χ1) is 6.22. The molecule has 1 fully saturated rings. The molecule has 1 aliphatic heterocycles. The van der Waals surface area contributed by atoms with Crippen LogP contribution in [0.1, 0.15) is 32.6 Å². The average Bonchev–Trinajstić information content (AvgIpc) is 2.09. The van der Waals surface area contributed by atoms with E-state index in [-0.39, 0.29) is 11.9 Å². The molecule has 1 aliphatic rings. The zero-order chi connectivity index (χ0) is 9.68. The Morgan fingerprint density at radius 3 is 2.62 bits per heavy atom. The Morgan fingerprint density at radius 2 is 2.08 bits per heavy atom. The summed E-state index contributed by atoms with van der Waals surface area (Å²) in [5.74, 6) is 1.63. The van der Waals surface area contributed by atoms with Gasteiger partial charge in [-0.3, -0.25) is 9.00 Å². The maximum absolute atomic E-state index is 11.2. The lowest BCUT2D eigenvalue weighted by Gasteiger charge is -2.22. The van der Waals surface area contributed by atoms with Crippen molar-refractivity contribution in [2.75, 3.05) is 11.5 Å². The molecule has 0 unspecified atom stereocenters. The third-order valence-electron chi connectivity index (χ3n) is 2.23. The van der Waals surface area contributed by atoms with Gasteiger partial charge in [-0.15, -0.1) is 0 Å². The van der Waals surface area contributed by atoms with E-state index in [9.17, 15) is 9.00 Å². The summed E-state index contributed by atoms with van der Waals surface area (Å²) in [6.45, 7) is 2.00. The van der Waals surface area contributed by atoms with E-state index in [0.717, 1.165) is 30.8 Å². The summed E-state index contributed by atoms with van der Waals surface area (Å²) in [4.78, 5) is 11.2. The Morgan fingerprint density at radius 1 is 1.46 bits per heavy atom. The van der Waals surface area contributed by atoms with E-state index in [1.54, 1.807) is 0 Å². The van der Waals surface area contributed by atoms with Crippen LogP contribution < -0.4 is 5.32 Å². The van der Waals surface area contributed by atoms with Crippen molar-refractivity contribution >= 4 is 16.7 Å². The van der Waals surface area contributed by atoms with E-state index in [4.69, 9.17) is 0 Å². The Labute approximate surface area is 81.7 Å². The Kier molecular flexibility index (Phi) is 4.42. The minimum absolute atomic E-state index is 0.139. The normalized spacial score (nSPS) is 28.4. The fourth-order valence-electron chi connectivity index (χ4n) is 1.47. The van der Waals surface area contributed by atoms with Crippen molar-refractivity contribution in [3.05, 3.63) is 0 Å². The SMILES string of the molecule is CCCC(=O)NC1CCS(=O)CC1. The van der Waals surface area contributed by atoms with Crippen LogP contribution in [-0.2, 0) is 15.6 Å². The van der Waals surface area contributed by atoms with Gasteiger partial charge in [0.15, 0.2) is 0 Å². The second-order valence-electron chi connectivity index (χ2n) is 3.44. The molecule has 0 aromatic heterocycles. The van der Waals surface area contributed by atoms with Crippen molar-refractivity contribution < 1.29 is 9.00 Å². The summed E-state index contributed by atoms with van der Waals surface area (Å²) >= 11 is 0. The lowest BCUT2D eigenvalue weighted by molar-refractivity contribution is -0.121. The Hall–Kier alpha value is -0.380. The second kappa shape index (κ2) is 5.37. The summed E-state index contributed by atoms with van der Waals surface area (Å²) < 4.78 is 11.0. The highest BCUT2D eigenvalue weighted by molar-refractivity contribution is 7.85. The van der Waals surface area contributed by atoms with Crippen LogP contribution in [0.2, 0.25) is 0 Å². The molecule has 0 aromatic rings. The van der Waals surface area contributed by atoms with E-state index < -0.39 is 10.8 Å². The predicted molar refractivity (Wildman–Crippen MR) is 53.9 cm³/mol. The van der Waals surface area contributed by atoms with Crippen molar-refractivity contribution in [2.24, 2.45) is 0 Å². The van der Waals surface area contributed by atoms with Gasteiger partial charge in [0, 0.05) is 34.8 Å². The highest BCUT2D eigenvalue weighted by atomic mass is 32.2. The first-order valence-electron chi connectivity index (χ1n) is 4.86. The summed E-state index contributed by atoms with van der Waals surface area (Å²) in [6, 6.07) is 0.275. The number of nitrogens with one attached hydrogen (secondary N) is 1. The van der Waals surface area contributed by atoms with Crippen LogP contribution >= 0.6 is 0 Å². The molecule has 1 N–H and O–H groups in total. The van der Waals surface area contributed by atoms with Crippen molar-refractivity contribution in [3.8, 4) is 0 Å². The highest BCUT2D eigenvalue weighted by Crippen LogP contribution is 2.09. The molecule has 0 aliphatic carbocycles. The predicted octanol–water partition coefficient (Wildman–Crippen LogP) is 0.814. The van der Waals surface area contributed by atoms with Crippen LogP contribution in [0, 0.1) is 0 Å². The highest BCUT2D eigenvalue weighted by Gasteiger charge is 2.18. The van der Waals surface area contributed by atoms with Crippen molar-refractivity contribution in [3.63, 3.8) is 0 Å². The van der Waals surface area contributed by atoms with Gasteiger partial charge in [0.2, 0.25) is 5.91 Å². The quantitative estimate of drug-likeness (QED) is 0.738. The number of carbonyl (C=O) groups is 1. The van der Waals surface area contributed by atoms with Crippen LogP contribution in [0.4, 0.5) is 0 Å². The molecule has 0 atom stereocenters. The molecule has 0 aromatic carbocycles. The van der Waals surface area contributed by atoms with Crippen LogP contribution in [-0.4, -0.2) is 27.7 Å². The Balaban J connectivity index is 2.22. The maximum atomic E-state index is 11.2. The molecule has 0 saturated carbocycles. The van der Waals surface area contributed by atoms with Gasteiger partial charge in [0.05, 0.1) is 0 Å². The molecule has 13 heavy (non-hydrogen) atoms. The average molecular weight is 203 g/mol. The standard InChI is InChI=1S/C9H17NO2S/c1-2-3-9(11)10-8-4-6-13(12)7-5-8/h8H,2-7H2,1H3,(H,10,11). The molecular formula is C9H17NO2S. The third-order valence-corrected chi connectivity index (χ3v) is 3.61. The molecule has 0 radical (unpaired) electrons. The molecule has 1 rings (SSSR count). The first-order valence-corrected chi connectivity index (χ1v) is 6.35. The molecule has 1 heterocycles. The van der Waals surface area contributed by atoms with E-state index in [0.29, 0.717) is 6.42 Å². The summed E-state index contributed by atoms with van der Waals surface area (Å²) in [6.07, 6.45) is 3.26. The lowest BCUT2D eigenvalue weighted by Crippen LogP contribution is -2.39. The van der Waals surface area contributed by atoms with E-state index in [1.807, 2.05) is 6.92 Å². The first kappa shape index (κ1) is 10.7. The summed E-state index contributed by atoms with van der Waals surface area (Å²) in [7, 11) is -0.631. The molecule has 3 nitrogen and oxygen atoms in total. The van der Waals surface area contributed by atoms with E-state index in [2.05, 4.69) is 5.32 Å². The largest absolute Gasteiger partial charge is 0.353 e. The van der Waals surface area contributed by atoms with Crippen LogP contribution in [0.15, 0.2) is 0 Å². The minimum atomic E-state index is -0.631. The second-order valence-corrected chi connectivity index (χ2v) is 5.14. The number of carbonyl (C=O) groups excluding carboxylic acids is 1. The summed E-state index contributed by atoms with van der Waals surface area (Å²) in [5, 5.41) is 2.97. The van der Waals surface area contributed by atoms with Crippen molar-refractivity contribution in [1.29, 1.82) is 0 Å². The van der Waals surface area contributed by atoms with Crippen molar-refractivity contribution in [2.45, 2.75) is 38.6 Å². The fourth-order valence-corrected chi connectivity index (χ4v) is 2.76. The number of hydrogen-bond donors (Lipinski definition) is 1. The molecule has 76 valence electrons. The zero-order valence-corrected chi connectivity index (χ0v) is 8.86. The van der Waals surface area contributed by atoms with Crippen LogP contribution in [0.5, 0.6) is 0 Å². The van der Waals surface area contributed by atoms with Gasteiger partial charge >= 0.3 is 0 Å². The maximum Gasteiger partial charge on any atom is 0.220 e. The van der Waals surface area contributed by atoms with Gasteiger partial charge in [0.25, 0.3) is 0 Å². The van der Waals surface area contributed by atoms with Gasteiger partial charge in [-0.05, 0) is 19.3 Å². The fraction of sp³-hybridized carbons (Fsp3) is 0.889. The van der Waals surface area contributed by atoms with Crippen LogP contribution in [0.3, 0.4) is 0 Å². The van der Waals surface area contributed by atoms with Gasteiger partial charge in [0.1, 0.15) is 0 Å². The molecule has 1 amide bonds. The van der Waals surface area contributed by atoms with Gasteiger partial charge in [-0.25, -0.2) is 0 Å². The Bertz CT molecular complexity index is 196. The van der Waals surface area contributed by atoms with E-state index in [1.165, 1.54) is 0 Å². The topological polar surface area (TPSA) is 46.2 Å². The zero-order valence-electron chi connectivity index (χ0n) is 8.04. The number of amides is 1. The van der Waals surface area contributed by atoms with Crippen LogP contribution in [0.25, 0.3) is 0 Å². The number of hydrogen-bond acceptors (Lipinski definition) is 2. The number of rotatable bonds is 3. The smallest absolute Gasteiger partial charge is 0.220 e. The minimum Gasteiger partial charge on any atom is -0.353 e. The third kappa shape index (κ3) is 3.89.